The molecule has 2 aromatic carbocycles. The van der Waals surface area contributed by atoms with Crippen LogP contribution in [0.4, 0.5) is 16.2 Å². The number of rotatable bonds is 5. The van der Waals surface area contributed by atoms with Crippen molar-refractivity contribution in [1.82, 2.24) is 0 Å². The van der Waals surface area contributed by atoms with Gasteiger partial charge in [-0.15, -0.1) is 0 Å². The highest BCUT2D eigenvalue weighted by Gasteiger charge is 2.36. The van der Waals surface area contributed by atoms with Gasteiger partial charge in [0.15, 0.2) is 0 Å². The third-order valence-electron chi connectivity index (χ3n) is 4.37. The van der Waals surface area contributed by atoms with E-state index in [1.807, 2.05) is 0 Å². The van der Waals surface area contributed by atoms with Crippen LogP contribution in [0.3, 0.4) is 0 Å². The largest absolute Gasteiger partial charge is 0.497 e. The van der Waals surface area contributed by atoms with Crippen LogP contribution in [0.2, 0.25) is 0 Å². The molecule has 0 spiro atoms. The van der Waals surface area contributed by atoms with Gasteiger partial charge in [0.05, 0.1) is 22.6 Å². The molecule has 4 rings (SSSR count). The number of nitro groups is 1. The zero-order valence-electron chi connectivity index (χ0n) is 15.6. The van der Waals surface area contributed by atoms with Crippen LogP contribution in [0.15, 0.2) is 70.0 Å². The van der Waals surface area contributed by atoms with Crippen molar-refractivity contribution in [2.75, 3.05) is 12.0 Å². The van der Waals surface area contributed by atoms with Crippen LogP contribution in [0.25, 0.3) is 17.4 Å². The van der Waals surface area contributed by atoms with Gasteiger partial charge in [0, 0.05) is 23.8 Å². The summed E-state index contributed by atoms with van der Waals surface area (Å²) in [4.78, 5) is 36.9. The number of non-ortho nitro benzene ring substituents is 1. The molecule has 30 heavy (non-hydrogen) atoms. The summed E-state index contributed by atoms with van der Waals surface area (Å²) in [6.07, 6.45) is 1.48. The Balaban J connectivity index is 1.58. The van der Waals surface area contributed by atoms with Crippen LogP contribution in [0.5, 0.6) is 5.75 Å². The molecule has 2 heterocycles. The number of nitrogens with zero attached hydrogens (tertiary/aromatic N) is 2. The molecule has 0 bridgehead atoms. The molecule has 1 aliphatic heterocycles. The molecular formula is C21H14N2O6S. The maximum atomic E-state index is 12.7. The van der Waals surface area contributed by atoms with Gasteiger partial charge < -0.3 is 9.15 Å². The standard InChI is InChI=1S/C21H14N2O6S/c1-28-16-7-5-14(6-8-16)22-20(24)19(30-21(22)25)12-17-9-10-18(29-17)13-3-2-4-15(11-13)23(26)27/h2-12H,1H3/b19-12+. The fourth-order valence-electron chi connectivity index (χ4n) is 2.91. The molecule has 0 aliphatic carbocycles. The Morgan fingerprint density at radius 2 is 1.87 bits per heavy atom. The predicted molar refractivity (Wildman–Crippen MR) is 112 cm³/mol. The summed E-state index contributed by atoms with van der Waals surface area (Å²) >= 11 is 0.811. The van der Waals surface area contributed by atoms with E-state index >= 15 is 0 Å². The minimum absolute atomic E-state index is 0.0499. The van der Waals surface area contributed by atoms with E-state index in [0.29, 0.717) is 28.5 Å². The van der Waals surface area contributed by atoms with Gasteiger partial charge in [0.1, 0.15) is 17.3 Å². The first-order valence-corrected chi connectivity index (χ1v) is 9.54. The fraction of sp³-hybridized carbons (Fsp3) is 0.0476. The number of amides is 2. The Morgan fingerprint density at radius 3 is 2.57 bits per heavy atom. The van der Waals surface area contributed by atoms with Crippen molar-refractivity contribution in [2.24, 2.45) is 0 Å². The number of imide groups is 1. The summed E-state index contributed by atoms with van der Waals surface area (Å²) in [7, 11) is 1.53. The van der Waals surface area contributed by atoms with Crippen LogP contribution >= 0.6 is 11.8 Å². The SMILES string of the molecule is COc1ccc(N2C(=O)S/C(=C/c3ccc(-c4cccc([N+](=O)[O-])c4)o3)C2=O)cc1. The van der Waals surface area contributed by atoms with E-state index < -0.39 is 16.1 Å². The molecule has 1 aromatic heterocycles. The van der Waals surface area contributed by atoms with Crippen LogP contribution in [-0.4, -0.2) is 23.2 Å². The number of nitro benzene ring substituents is 1. The number of hydrogen-bond donors (Lipinski definition) is 0. The number of benzene rings is 2. The number of furan rings is 1. The van der Waals surface area contributed by atoms with Gasteiger partial charge in [-0.3, -0.25) is 19.7 Å². The lowest BCUT2D eigenvalue weighted by Crippen LogP contribution is -2.27. The van der Waals surface area contributed by atoms with Gasteiger partial charge >= 0.3 is 0 Å². The number of thioether (sulfide) groups is 1. The topological polar surface area (TPSA) is 103 Å². The predicted octanol–water partition coefficient (Wildman–Crippen LogP) is 5.10. The summed E-state index contributed by atoms with van der Waals surface area (Å²) in [6, 6.07) is 15.9. The molecule has 2 amide bonds. The van der Waals surface area contributed by atoms with E-state index in [1.54, 1.807) is 48.5 Å². The van der Waals surface area contributed by atoms with E-state index in [-0.39, 0.29) is 10.6 Å². The molecule has 0 unspecified atom stereocenters. The zero-order valence-corrected chi connectivity index (χ0v) is 16.4. The summed E-state index contributed by atoms with van der Waals surface area (Å²) in [5, 5.41) is 10.5. The number of hydrogen-bond acceptors (Lipinski definition) is 7. The average Bonchev–Trinajstić information content (AvgIpc) is 3.33. The summed E-state index contributed by atoms with van der Waals surface area (Å²) in [5.41, 5.74) is 0.930. The molecule has 0 radical (unpaired) electrons. The highest BCUT2D eigenvalue weighted by atomic mass is 32.2. The van der Waals surface area contributed by atoms with E-state index in [9.17, 15) is 19.7 Å². The maximum Gasteiger partial charge on any atom is 0.298 e. The monoisotopic (exact) mass is 422 g/mol. The normalized spacial score (nSPS) is 15.1. The smallest absolute Gasteiger partial charge is 0.298 e. The van der Waals surface area contributed by atoms with Crippen LogP contribution in [-0.2, 0) is 4.79 Å². The van der Waals surface area contributed by atoms with E-state index in [0.717, 1.165) is 16.7 Å². The van der Waals surface area contributed by atoms with Crippen molar-refractivity contribution in [3.8, 4) is 17.1 Å². The Bertz CT molecular complexity index is 1180. The molecule has 9 heteroatoms. The lowest BCUT2D eigenvalue weighted by atomic mass is 10.1. The molecule has 150 valence electrons. The second-order valence-corrected chi connectivity index (χ2v) is 7.22. The quantitative estimate of drug-likeness (QED) is 0.320. The molecule has 0 saturated carbocycles. The minimum Gasteiger partial charge on any atom is -0.497 e. The average molecular weight is 422 g/mol. The van der Waals surface area contributed by atoms with Crippen molar-refractivity contribution in [3.05, 3.63) is 81.4 Å². The molecule has 0 atom stereocenters. The third-order valence-corrected chi connectivity index (χ3v) is 5.24. The molecule has 8 nitrogen and oxygen atoms in total. The van der Waals surface area contributed by atoms with E-state index in [4.69, 9.17) is 9.15 Å². The van der Waals surface area contributed by atoms with Gasteiger partial charge in [-0.1, -0.05) is 12.1 Å². The molecule has 1 saturated heterocycles. The highest BCUT2D eigenvalue weighted by molar-refractivity contribution is 8.19. The second-order valence-electron chi connectivity index (χ2n) is 6.22. The number of anilines is 1. The van der Waals surface area contributed by atoms with Crippen molar-refractivity contribution < 1.29 is 23.7 Å². The number of methoxy groups -OCH3 is 1. The van der Waals surface area contributed by atoms with Crippen LogP contribution < -0.4 is 9.64 Å². The van der Waals surface area contributed by atoms with Crippen LogP contribution in [0.1, 0.15) is 5.76 Å². The minimum atomic E-state index is -0.484. The molecule has 3 aromatic rings. The first-order valence-electron chi connectivity index (χ1n) is 8.73. The van der Waals surface area contributed by atoms with Gasteiger partial charge in [-0.2, -0.15) is 0 Å². The Labute approximate surface area is 174 Å². The highest BCUT2D eigenvalue weighted by Crippen LogP contribution is 2.37. The number of carbonyl (C=O) groups is 2. The zero-order chi connectivity index (χ0) is 21.3. The second kappa shape index (κ2) is 7.88. The lowest BCUT2D eigenvalue weighted by molar-refractivity contribution is -0.384. The molecular weight excluding hydrogens is 408 g/mol. The first kappa shape index (κ1) is 19.5. The van der Waals surface area contributed by atoms with Crippen molar-refractivity contribution >= 4 is 40.4 Å². The lowest BCUT2D eigenvalue weighted by Gasteiger charge is -2.12. The van der Waals surface area contributed by atoms with Crippen molar-refractivity contribution in [2.45, 2.75) is 0 Å². The summed E-state index contributed by atoms with van der Waals surface area (Å²) in [5.74, 6) is 0.935. The van der Waals surface area contributed by atoms with E-state index in [1.165, 1.54) is 25.3 Å². The number of carbonyl (C=O) groups excluding carboxylic acids is 2. The summed E-state index contributed by atoms with van der Waals surface area (Å²) in [6.45, 7) is 0. The Hall–Kier alpha value is -3.85. The fourth-order valence-corrected chi connectivity index (χ4v) is 3.73. The maximum absolute atomic E-state index is 12.7. The first-order chi connectivity index (χ1) is 14.5. The number of ether oxygens (including phenoxy) is 1. The van der Waals surface area contributed by atoms with Gasteiger partial charge in [0.2, 0.25) is 0 Å². The van der Waals surface area contributed by atoms with Gasteiger partial charge in [0.25, 0.3) is 16.8 Å². The van der Waals surface area contributed by atoms with Gasteiger partial charge in [-0.25, -0.2) is 4.90 Å². The Kier molecular flexibility index (Phi) is 5.11. The van der Waals surface area contributed by atoms with Crippen LogP contribution in [0, 0.1) is 10.1 Å². The van der Waals surface area contributed by atoms with Crippen molar-refractivity contribution in [1.29, 1.82) is 0 Å². The molecule has 1 aliphatic rings. The van der Waals surface area contributed by atoms with Gasteiger partial charge in [-0.05, 0) is 48.2 Å². The molecule has 1 fully saturated rings. The molecule has 0 N–H and O–H groups in total. The summed E-state index contributed by atoms with van der Waals surface area (Å²) < 4.78 is 10.8. The van der Waals surface area contributed by atoms with Crippen molar-refractivity contribution in [3.63, 3.8) is 0 Å². The van der Waals surface area contributed by atoms with E-state index in [2.05, 4.69) is 0 Å². The Morgan fingerprint density at radius 1 is 1.10 bits per heavy atom. The third kappa shape index (κ3) is 3.70.